The van der Waals surface area contributed by atoms with Gasteiger partial charge in [-0.05, 0) is 61.8 Å². The molecule has 4 heteroatoms. The van der Waals surface area contributed by atoms with E-state index >= 15 is 0 Å². The third-order valence-electron chi connectivity index (χ3n) is 7.19. The number of carbonyl (C=O) groups is 1. The Kier molecular flexibility index (Phi) is 10.8. The van der Waals surface area contributed by atoms with E-state index in [2.05, 4.69) is 79.0 Å². The van der Waals surface area contributed by atoms with Gasteiger partial charge in [-0.15, -0.1) is 18.9 Å². The van der Waals surface area contributed by atoms with E-state index in [0.717, 1.165) is 57.6 Å². The van der Waals surface area contributed by atoms with E-state index in [9.17, 15) is 4.79 Å². The van der Waals surface area contributed by atoms with Crippen molar-refractivity contribution >= 4 is 11.7 Å². The smallest absolute Gasteiger partial charge is 0.226 e. The lowest BCUT2D eigenvalue weighted by molar-refractivity contribution is -0.136. The van der Waals surface area contributed by atoms with Gasteiger partial charge in [0.05, 0.1) is 0 Å². The lowest BCUT2D eigenvalue weighted by Crippen LogP contribution is -2.41. The molecule has 1 aromatic heterocycles. The Morgan fingerprint density at radius 2 is 1.83 bits per heavy atom. The zero-order chi connectivity index (χ0) is 25.8. The summed E-state index contributed by atoms with van der Waals surface area (Å²) in [7, 11) is 0. The largest absolute Gasteiger partial charge is 0.370 e. The van der Waals surface area contributed by atoms with Gasteiger partial charge in [0, 0.05) is 44.5 Å². The summed E-state index contributed by atoms with van der Waals surface area (Å²) in [4.78, 5) is 19.4. The Balaban J connectivity index is 0.000000292. The normalized spacial score (nSPS) is 17.8. The maximum Gasteiger partial charge on any atom is 0.226 e. The quantitative estimate of drug-likeness (QED) is 0.365. The second-order valence-corrected chi connectivity index (χ2v) is 9.58. The van der Waals surface area contributed by atoms with Crippen molar-refractivity contribution in [3.63, 3.8) is 0 Å². The second-order valence-electron chi connectivity index (χ2n) is 9.58. The van der Waals surface area contributed by atoms with E-state index in [1.54, 1.807) is 0 Å². The molecule has 1 N–H and O–H groups in total. The number of piperidine rings is 1. The lowest BCUT2D eigenvalue weighted by Gasteiger charge is -2.33. The van der Waals surface area contributed by atoms with Gasteiger partial charge in [-0.25, -0.2) is 4.98 Å². The number of anilines is 1. The SMILES string of the molecule is C=C.C=C=C[C@H](C)c1ccccc1.O=C(C1CC=CC1)N1CCC(c2ccc3c(n2)NCCC3)CC1.[HH]. The van der Waals surface area contributed by atoms with Crippen molar-refractivity contribution < 1.29 is 6.22 Å². The average Bonchev–Trinajstić information content (AvgIpc) is 3.50. The highest BCUT2D eigenvalue weighted by Crippen LogP contribution is 2.31. The zero-order valence-corrected chi connectivity index (χ0v) is 21.8. The first kappa shape index (κ1) is 27.2. The highest BCUT2D eigenvalue weighted by Gasteiger charge is 2.29. The highest BCUT2D eigenvalue weighted by molar-refractivity contribution is 5.79. The van der Waals surface area contributed by atoms with E-state index in [1.807, 2.05) is 24.3 Å². The maximum atomic E-state index is 12.5. The predicted octanol–water partition coefficient (Wildman–Crippen LogP) is 7.29. The summed E-state index contributed by atoms with van der Waals surface area (Å²) >= 11 is 0. The standard InChI is InChI=1S/C19H25N3O.C11H12.C2H4.H2/c23-19(16-4-1-2-5-16)22-12-9-14(10-13-22)17-8-7-15-6-3-11-20-18(15)21-17;1-3-7-10(2)11-8-5-4-6-9-11;1-2;/h1-2,7-8,14,16H,3-6,9-13H2,(H,20,21);4-10H,1H2,2H3;1-2H2;1H/t;10-;;/m.0../s1. The van der Waals surface area contributed by atoms with Crippen LogP contribution in [0.2, 0.25) is 0 Å². The van der Waals surface area contributed by atoms with Gasteiger partial charge in [-0.1, -0.05) is 62.1 Å². The number of pyridine rings is 1. The first-order chi connectivity index (χ1) is 17.7. The molecule has 2 aromatic rings. The van der Waals surface area contributed by atoms with Crippen LogP contribution in [0.4, 0.5) is 5.82 Å². The molecular formula is C32H43N3O. The number of hydrogen-bond donors (Lipinski definition) is 1. The van der Waals surface area contributed by atoms with Crippen LogP contribution in [-0.4, -0.2) is 35.4 Å². The molecule has 4 nitrogen and oxygen atoms in total. The number of allylic oxidation sites excluding steroid dienone is 3. The summed E-state index contributed by atoms with van der Waals surface area (Å²) in [6.45, 7) is 14.5. The van der Waals surface area contributed by atoms with Crippen molar-refractivity contribution in [2.45, 2.75) is 57.3 Å². The molecule has 36 heavy (non-hydrogen) atoms. The molecule has 0 spiro atoms. The number of likely N-dealkylation sites (tertiary alicyclic amines) is 1. The Morgan fingerprint density at radius 3 is 2.50 bits per heavy atom. The Hall–Kier alpha value is -3.36. The van der Waals surface area contributed by atoms with Gasteiger partial charge in [0.2, 0.25) is 5.91 Å². The first-order valence-electron chi connectivity index (χ1n) is 13.2. The van der Waals surface area contributed by atoms with Crippen LogP contribution in [0.15, 0.2) is 86.2 Å². The van der Waals surface area contributed by atoms with Crippen LogP contribution in [0.25, 0.3) is 0 Å². The molecule has 1 aliphatic carbocycles. The molecule has 1 aromatic carbocycles. The van der Waals surface area contributed by atoms with Crippen LogP contribution in [0.1, 0.15) is 69.1 Å². The van der Waals surface area contributed by atoms with E-state index in [0.29, 0.717) is 17.7 Å². The van der Waals surface area contributed by atoms with Gasteiger partial charge in [0.1, 0.15) is 5.82 Å². The van der Waals surface area contributed by atoms with E-state index < -0.39 is 0 Å². The van der Waals surface area contributed by atoms with Crippen molar-refractivity contribution in [2.75, 3.05) is 25.0 Å². The summed E-state index contributed by atoms with van der Waals surface area (Å²) in [6.07, 6.45) is 12.5. The van der Waals surface area contributed by atoms with Crippen LogP contribution >= 0.6 is 0 Å². The minimum Gasteiger partial charge on any atom is -0.370 e. The summed E-state index contributed by atoms with van der Waals surface area (Å²) in [5.74, 6) is 2.57. The van der Waals surface area contributed by atoms with Gasteiger partial charge in [-0.3, -0.25) is 4.79 Å². The summed E-state index contributed by atoms with van der Waals surface area (Å²) < 4.78 is 0. The van der Waals surface area contributed by atoms with Gasteiger partial charge in [0.25, 0.3) is 0 Å². The van der Waals surface area contributed by atoms with Crippen LogP contribution in [0, 0.1) is 5.92 Å². The second kappa shape index (κ2) is 14.3. The molecule has 0 bridgehead atoms. The molecular weight excluding hydrogens is 442 g/mol. The van der Waals surface area contributed by atoms with Crippen molar-refractivity contribution in [2.24, 2.45) is 5.92 Å². The van der Waals surface area contributed by atoms with Crippen LogP contribution in [0.5, 0.6) is 0 Å². The average molecular weight is 486 g/mol. The highest BCUT2D eigenvalue weighted by atomic mass is 16.2. The molecule has 1 amide bonds. The summed E-state index contributed by atoms with van der Waals surface area (Å²) in [6, 6.07) is 14.8. The number of hydrogen-bond acceptors (Lipinski definition) is 3. The molecule has 0 saturated carbocycles. The molecule has 0 unspecified atom stereocenters. The number of aromatic nitrogens is 1. The Bertz CT molecular complexity index is 1040. The number of nitrogens with one attached hydrogen (secondary N) is 1. The summed E-state index contributed by atoms with van der Waals surface area (Å²) in [5.41, 5.74) is 6.65. The molecule has 1 atom stereocenters. The number of nitrogens with zero attached hydrogens (tertiary/aromatic N) is 2. The molecule has 2 aliphatic heterocycles. The monoisotopic (exact) mass is 485 g/mol. The molecule has 3 aliphatic rings. The van der Waals surface area contributed by atoms with Crippen LogP contribution in [-0.2, 0) is 11.2 Å². The van der Waals surface area contributed by atoms with Gasteiger partial charge >= 0.3 is 0 Å². The molecule has 1 saturated heterocycles. The van der Waals surface area contributed by atoms with Gasteiger partial charge in [0.15, 0.2) is 0 Å². The predicted molar refractivity (Wildman–Crippen MR) is 153 cm³/mol. The van der Waals surface area contributed by atoms with E-state index in [4.69, 9.17) is 4.98 Å². The van der Waals surface area contributed by atoms with Crippen molar-refractivity contribution in [3.8, 4) is 0 Å². The molecule has 0 radical (unpaired) electrons. The minimum absolute atomic E-state index is 0. The van der Waals surface area contributed by atoms with Gasteiger partial charge < -0.3 is 10.2 Å². The van der Waals surface area contributed by atoms with Crippen molar-refractivity contribution in [1.29, 1.82) is 0 Å². The first-order valence-corrected chi connectivity index (χ1v) is 13.2. The minimum atomic E-state index is 0. The van der Waals surface area contributed by atoms with Crippen LogP contribution in [0.3, 0.4) is 0 Å². The maximum absolute atomic E-state index is 12.5. The number of amides is 1. The number of carbonyl (C=O) groups excluding carboxylic acids is 1. The van der Waals surface area contributed by atoms with Gasteiger partial charge in [-0.2, -0.15) is 0 Å². The van der Waals surface area contributed by atoms with E-state index in [1.165, 1.54) is 23.2 Å². The Labute approximate surface area is 219 Å². The number of rotatable bonds is 4. The third kappa shape index (κ3) is 7.32. The number of fused-ring (bicyclic) bond motifs is 1. The fourth-order valence-electron chi connectivity index (χ4n) is 5.07. The topological polar surface area (TPSA) is 45.2 Å². The fourth-order valence-corrected chi connectivity index (χ4v) is 5.07. The molecule has 192 valence electrons. The van der Waals surface area contributed by atoms with E-state index in [-0.39, 0.29) is 7.34 Å². The van der Waals surface area contributed by atoms with Crippen molar-refractivity contribution in [1.82, 2.24) is 9.88 Å². The fraction of sp³-hybridized carbons (Fsp3) is 0.406. The molecule has 5 rings (SSSR count). The number of benzene rings is 1. The zero-order valence-electron chi connectivity index (χ0n) is 21.8. The summed E-state index contributed by atoms with van der Waals surface area (Å²) in [5, 5.41) is 3.42. The lowest BCUT2D eigenvalue weighted by atomic mass is 9.91. The molecule has 1 fully saturated rings. The Morgan fingerprint density at radius 1 is 1.14 bits per heavy atom. The van der Waals surface area contributed by atoms with Crippen molar-refractivity contribution in [3.05, 3.63) is 103 Å². The number of aryl methyl sites for hydroxylation is 1. The third-order valence-corrected chi connectivity index (χ3v) is 7.19. The van der Waals surface area contributed by atoms with Crippen LogP contribution < -0.4 is 5.32 Å². The molecule has 3 heterocycles.